The first-order valence-corrected chi connectivity index (χ1v) is 7.74. The molecule has 126 valence electrons. The summed E-state index contributed by atoms with van der Waals surface area (Å²) in [4.78, 5) is 22.6. The molecule has 5 heteroatoms. The molecule has 1 amide bonds. The number of hydrogen-bond acceptors (Lipinski definition) is 3. The van der Waals surface area contributed by atoms with E-state index in [-0.39, 0.29) is 12.5 Å². The van der Waals surface area contributed by atoms with Gasteiger partial charge in [0.25, 0.3) is 5.91 Å². The van der Waals surface area contributed by atoms with Crippen molar-refractivity contribution >= 4 is 11.9 Å². The molecule has 0 aliphatic rings. The summed E-state index contributed by atoms with van der Waals surface area (Å²) in [6.07, 6.45) is 0.690. The van der Waals surface area contributed by atoms with Crippen LogP contribution in [0.25, 0.3) is 0 Å². The second kappa shape index (κ2) is 8.15. The number of carboxylic acid groups (broad SMARTS) is 1. The predicted octanol–water partition coefficient (Wildman–Crippen LogP) is 2.74. The normalized spacial score (nSPS) is 10.2. The minimum Gasteiger partial charge on any atom is -0.482 e. The highest BCUT2D eigenvalue weighted by molar-refractivity contribution is 5.95. The molecule has 0 atom stereocenters. The molecule has 0 saturated carbocycles. The Morgan fingerprint density at radius 1 is 1.08 bits per heavy atom. The number of carbonyl (C=O) groups is 2. The van der Waals surface area contributed by atoms with Crippen LogP contribution in [0.5, 0.6) is 5.75 Å². The van der Waals surface area contributed by atoms with Crippen LogP contribution in [-0.4, -0.2) is 30.1 Å². The molecule has 2 aromatic carbocycles. The van der Waals surface area contributed by atoms with Crippen molar-refractivity contribution in [2.45, 2.75) is 20.3 Å². The fourth-order valence-electron chi connectivity index (χ4n) is 2.38. The van der Waals surface area contributed by atoms with Crippen molar-refractivity contribution in [3.8, 4) is 5.75 Å². The van der Waals surface area contributed by atoms with Gasteiger partial charge in [0.05, 0.1) is 0 Å². The minimum atomic E-state index is -1.01. The van der Waals surface area contributed by atoms with Crippen molar-refractivity contribution < 1.29 is 19.4 Å². The number of aryl methyl sites for hydroxylation is 2. The van der Waals surface area contributed by atoms with Crippen molar-refractivity contribution in [1.82, 2.24) is 5.32 Å². The molecule has 0 radical (unpaired) electrons. The summed E-state index contributed by atoms with van der Waals surface area (Å²) < 4.78 is 5.08. The second-order valence-electron chi connectivity index (χ2n) is 5.65. The van der Waals surface area contributed by atoms with E-state index in [1.54, 1.807) is 12.1 Å². The highest BCUT2D eigenvalue weighted by Crippen LogP contribution is 2.13. The lowest BCUT2D eigenvalue weighted by Crippen LogP contribution is -2.26. The molecule has 0 fully saturated rings. The van der Waals surface area contributed by atoms with Gasteiger partial charge in [-0.05, 0) is 49.6 Å². The Kier molecular flexibility index (Phi) is 5.95. The number of ether oxygens (including phenoxy) is 1. The maximum Gasteiger partial charge on any atom is 0.341 e. The van der Waals surface area contributed by atoms with Gasteiger partial charge in [-0.2, -0.15) is 0 Å². The highest BCUT2D eigenvalue weighted by atomic mass is 16.5. The van der Waals surface area contributed by atoms with E-state index < -0.39 is 5.97 Å². The Labute approximate surface area is 141 Å². The number of amides is 1. The molecule has 0 unspecified atom stereocenters. The van der Waals surface area contributed by atoms with E-state index >= 15 is 0 Å². The number of carbonyl (C=O) groups excluding carboxylic acids is 1. The summed E-state index contributed by atoms with van der Waals surface area (Å²) in [6, 6.07) is 12.9. The third-order valence-electron chi connectivity index (χ3n) is 3.61. The third kappa shape index (κ3) is 5.12. The summed E-state index contributed by atoms with van der Waals surface area (Å²) >= 11 is 0. The van der Waals surface area contributed by atoms with E-state index in [0.29, 0.717) is 24.3 Å². The van der Waals surface area contributed by atoms with Gasteiger partial charge in [-0.15, -0.1) is 0 Å². The highest BCUT2D eigenvalue weighted by Gasteiger charge is 2.08. The van der Waals surface area contributed by atoms with Gasteiger partial charge in [-0.25, -0.2) is 4.79 Å². The summed E-state index contributed by atoms with van der Waals surface area (Å²) in [5, 5.41) is 11.5. The Morgan fingerprint density at radius 3 is 2.42 bits per heavy atom. The molecule has 0 aliphatic carbocycles. The Balaban J connectivity index is 1.83. The molecule has 2 N–H and O–H groups in total. The van der Waals surface area contributed by atoms with E-state index in [1.807, 2.05) is 44.2 Å². The summed E-state index contributed by atoms with van der Waals surface area (Å²) in [7, 11) is 0. The minimum absolute atomic E-state index is 0.0751. The van der Waals surface area contributed by atoms with Crippen molar-refractivity contribution in [1.29, 1.82) is 0 Å². The lowest BCUT2D eigenvalue weighted by molar-refractivity contribution is -0.139. The van der Waals surface area contributed by atoms with Crippen molar-refractivity contribution in [2.24, 2.45) is 0 Å². The monoisotopic (exact) mass is 327 g/mol. The van der Waals surface area contributed by atoms with Gasteiger partial charge in [0.1, 0.15) is 5.75 Å². The van der Waals surface area contributed by atoms with Gasteiger partial charge in [0.2, 0.25) is 0 Å². The topological polar surface area (TPSA) is 75.6 Å². The molecule has 0 aliphatic heterocycles. The molecule has 0 saturated heterocycles. The standard InChI is InChI=1S/C19H21NO4/c1-13-3-8-17(14(2)11-13)19(23)20-10-9-15-4-6-16(7-5-15)24-12-18(21)22/h3-8,11H,9-10,12H2,1-2H3,(H,20,23)(H,21,22). The van der Waals surface area contributed by atoms with Crippen LogP contribution in [0, 0.1) is 13.8 Å². The SMILES string of the molecule is Cc1ccc(C(=O)NCCc2ccc(OCC(=O)O)cc2)c(C)c1. The van der Waals surface area contributed by atoms with Crippen LogP contribution in [0.4, 0.5) is 0 Å². The molecule has 5 nitrogen and oxygen atoms in total. The van der Waals surface area contributed by atoms with Crippen LogP contribution in [0.1, 0.15) is 27.0 Å². The van der Waals surface area contributed by atoms with Crippen LogP contribution in [-0.2, 0) is 11.2 Å². The van der Waals surface area contributed by atoms with Crippen molar-refractivity contribution in [2.75, 3.05) is 13.2 Å². The van der Waals surface area contributed by atoms with E-state index in [4.69, 9.17) is 9.84 Å². The van der Waals surface area contributed by atoms with Crippen molar-refractivity contribution in [3.63, 3.8) is 0 Å². The first-order chi connectivity index (χ1) is 11.5. The quantitative estimate of drug-likeness (QED) is 0.820. The maximum atomic E-state index is 12.2. The smallest absolute Gasteiger partial charge is 0.341 e. The zero-order valence-corrected chi connectivity index (χ0v) is 13.8. The third-order valence-corrected chi connectivity index (χ3v) is 3.61. The lowest BCUT2D eigenvalue weighted by atomic mass is 10.1. The average molecular weight is 327 g/mol. The van der Waals surface area contributed by atoms with Gasteiger partial charge in [-0.1, -0.05) is 29.8 Å². The van der Waals surface area contributed by atoms with E-state index in [9.17, 15) is 9.59 Å². The van der Waals surface area contributed by atoms with Gasteiger partial charge in [0.15, 0.2) is 6.61 Å². The van der Waals surface area contributed by atoms with Crippen LogP contribution in [0.15, 0.2) is 42.5 Å². The zero-order chi connectivity index (χ0) is 17.5. The van der Waals surface area contributed by atoms with Crippen LogP contribution < -0.4 is 10.1 Å². The molecule has 24 heavy (non-hydrogen) atoms. The number of carboxylic acids is 1. The average Bonchev–Trinajstić information content (AvgIpc) is 2.54. The maximum absolute atomic E-state index is 12.2. The summed E-state index contributed by atoms with van der Waals surface area (Å²) in [5.41, 5.74) is 3.83. The predicted molar refractivity (Wildman–Crippen MR) is 91.5 cm³/mol. The van der Waals surface area contributed by atoms with Gasteiger partial charge in [-0.3, -0.25) is 4.79 Å². The number of nitrogens with one attached hydrogen (secondary N) is 1. The molecule has 0 bridgehead atoms. The fraction of sp³-hybridized carbons (Fsp3) is 0.263. The first-order valence-electron chi connectivity index (χ1n) is 7.74. The number of benzene rings is 2. The van der Waals surface area contributed by atoms with E-state index in [0.717, 1.165) is 16.7 Å². The molecular formula is C19H21NO4. The Bertz CT molecular complexity index is 723. The van der Waals surface area contributed by atoms with Gasteiger partial charge in [0, 0.05) is 12.1 Å². The largest absolute Gasteiger partial charge is 0.482 e. The molecule has 0 heterocycles. The molecule has 2 rings (SSSR count). The lowest BCUT2D eigenvalue weighted by Gasteiger charge is -2.09. The molecule has 2 aromatic rings. The van der Waals surface area contributed by atoms with E-state index in [1.165, 1.54) is 0 Å². The second-order valence-corrected chi connectivity index (χ2v) is 5.65. The summed E-state index contributed by atoms with van der Waals surface area (Å²) in [6.45, 7) is 4.10. The number of hydrogen-bond donors (Lipinski definition) is 2. The van der Waals surface area contributed by atoms with Crippen LogP contribution >= 0.6 is 0 Å². The number of aliphatic carboxylic acids is 1. The van der Waals surface area contributed by atoms with Crippen molar-refractivity contribution in [3.05, 3.63) is 64.7 Å². The van der Waals surface area contributed by atoms with Crippen LogP contribution in [0.3, 0.4) is 0 Å². The molecular weight excluding hydrogens is 306 g/mol. The van der Waals surface area contributed by atoms with Gasteiger partial charge < -0.3 is 15.2 Å². The zero-order valence-electron chi connectivity index (χ0n) is 13.8. The Morgan fingerprint density at radius 2 is 1.79 bits per heavy atom. The van der Waals surface area contributed by atoms with Crippen LogP contribution in [0.2, 0.25) is 0 Å². The summed E-state index contributed by atoms with van der Waals surface area (Å²) in [5.74, 6) is -0.567. The molecule has 0 spiro atoms. The van der Waals surface area contributed by atoms with Gasteiger partial charge >= 0.3 is 5.97 Å². The number of rotatable bonds is 7. The first kappa shape index (κ1) is 17.5. The Hall–Kier alpha value is -2.82. The van der Waals surface area contributed by atoms with E-state index in [2.05, 4.69) is 5.32 Å². The molecule has 0 aromatic heterocycles. The fourth-order valence-corrected chi connectivity index (χ4v) is 2.38.